The van der Waals surface area contributed by atoms with E-state index in [2.05, 4.69) is 181 Å². The van der Waals surface area contributed by atoms with Gasteiger partial charge in [0.25, 0.3) is 0 Å². The predicted octanol–water partition coefficient (Wildman–Crippen LogP) is 17.2. The molecule has 1 fully saturated rings. The first-order chi connectivity index (χ1) is 30.3. The van der Waals surface area contributed by atoms with Crippen molar-refractivity contribution in [2.24, 2.45) is 0 Å². The quantitative estimate of drug-likeness (QED) is 0.161. The Labute approximate surface area is 355 Å². The van der Waals surface area contributed by atoms with Crippen molar-refractivity contribution in [2.45, 2.75) is 38.0 Å². The third-order valence-corrected chi connectivity index (χ3v) is 13.1. The molecule has 0 bridgehead atoms. The van der Waals surface area contributed by atoms with Crippen LogP contribution >= 0.6 is 0 Å². The lowest BCUT2D eigenvalue weighted by Gasteiger charge is -2.29. The average molecular weight is 786 g/mol. The number of fused-ring (bicyclic) bond motifs is 7. The summed E-state index contributed by atoms with van der Waals surface area (Å²) < 4.78 is 12.9. The summed E-state index contributed by atoms with van der Waals surface area (Å²) in [7, 11) is 0. The first kappa shape index (κ1) is 35.6. The Hall–Kier alpha value is -7.36. The van der Waals surface area contributed by atoms with Crippen molar-refractivity contribution < 1.29 is 8.83 Å². The van der Waals surface area contributed by atoms with Crippen molar-refractivity contribution in [3.05, 3.63) is 200 Å². The van der Waals surface area contributed by atoms with E-state index >= 15 is 0 Å². The molecular formula is C58H43NO2. The van der Waals surface area contributed by atoms with Crippen molar-refractivity contribution in [1.29, 1.82) is 0 Å². The Morgan fingerprint density at radius 2 is 1.03 bits per heavy atom. The van der Waals surface area contributed by atoms with Crippen molar-refractivity contribution in [1.82, 2.24) is 0 Å². The zero-order valence-electron chi connectivity index (χ0n) is 33.9. The number of benzene rings is 9. The van der Waals surface area contributed by atoms with Crippen LogP contribution in [0, 0.1) is 0 Å². The van der Waals surface area contributed by atoms with Crippen molar-refractivity contribution in [3.8, 4) is 33.4 Å². The molecule has 1 saturated carbocycles. The second kappa shape index (κ2) is 14.7. The molecule has 0 radical (unpaired) electrons. The number of hydrogen-bond donors (Lipinski definition) is 0. The van der Waals surface area contributed by atoms with Gasteiger partial charge in [0.2, 0.25) is 0 Å². The van der Waals surface area contributed by atoms with Gasteiger partial charge in [0, 0.05) is 44.0 Å². The molecule has 0 N–H and O–H groups in total. The largest absolute Gasteiger partial charge is 0.456 e. The Bertz CT molecular complexity index is 3410. The van der Waals surface area contributed by atoms with Gasteiger partial charge in [0.1, 0.15) is 22.3 Å². The highest BCUT2D eigenvalue weighted by Crippen LogP contribution is 2.47. The van der Waals surface area contributed by atoms with Gasteiger partial charge in [0.15, 0.2) is 0 Å². The van der Waals surface area contributed by atoms with Crippen LogP contribution in [-0.2, 0) is 0 Å². The molecule has 12 rings (SSSR count). The minimum atomic E-state index is 0.573. The molecule has 1 aliphatic carbocycles. The molecule has 3 heteroatoms. The van der Waals surface area contributed by atoms with Gasteiger partial charge in [-0.25, -0.2) is 0 Å². The molecule has 0 unspecified atom stereocenters. The molecule has 0 aliphatic heterocycles. The Morgan fingerprint density at radius 3 is 1.90 bits per heavy atom. The van der Waals surface area contributed by atoms with Gasteiger partial charge in [-0.2, -0.15) is 0 Å². The fraction of sp³-hybridized carbons (Fsp3) is 0.103. The molecule has 2 aromatic heterocycles. The zero-order valence-corrected chi connectivity index (χ0v) is 33.9. The third-order valence-electron chi connectivity index (χ3n) is 13.1. The van der Waals surface area contributed by atoms with E-state index < -0.39 is 0 Å². The van der Waals surface area contributed by atoms with Gasteiger partial charge in [-0.15, -0.1) is 0 Å². The third kappa shape index (κ3) is 6.03. The lowest BCUT2D eigenvalue weighted by Crippen LogP contribution is -2.11. The van der Waals surface area contributed by atoms with Crippen LogP contribution in [-0.4, -0.2) is 0 Å². The van der Waals surface area contributed by atoms with E-state index in [1.807, 2.05) is 18.2 Å². The van der Waals surface area contributed by atoms with Gasteiger partial charge < -0.3 is 13.7 Å². The molecule has 2 heterocycles. The molecule has 292 valence electrons. The molecule has 11 aromatic rings. The van der Waals surface area contributed by atoms with Crippen LogP contribution in [0.15, 0.2) is 203 Å². The van der Waals surface area contributed by atoms with E-state index in [4.69, 9.17) is 8.83 Å². The lowest BCUT2D eigenvalue weighted by atomic mass is 9.80. The highest BCUT2D eigenvalue weighted by molar-refractivity contribution is 6.13. The van der Waals surface area contributed by atoms with Gasteiger partial charge in [0.05, 0.1) is 5.69 Å². The van der Waals surface area contributed by atoms with Crippen LogP contribution < -0.4 is 4.90 Å². The van der Waals surface area contributed by atoms with Crippen LogP contribution in [0.4, 0.5) is 17.1 Å². The van der Waals surface area contributed by atoms with Crippen molar-refractivity contribution in [3.63, 3.8) is 0 Å². The maximum Gasteiger partial charge on any atom is 0.143 e. The van der Waals surface area contributed by atoms with Crippen LogP contribution in [0.25, 0.3) is 88.0 Å². The van der Waals surface area contributed by atoms with Gasteiger partial charge >= 0.3 is 0 Å². The molecule has 0 amide bonds. The Kier molecular flexibility index (Phi) is 8.59. The standard InChI is InChI=1S/C58H43NO2/c1-2-15-38(16-3-1)44-24-11-17-40-18-12-27-49(56(40)44)47-21-4-7-29-52(47)59(42-35-33-39(34-36-42)45-25-14-32-55-57(45)51-23-6-9-31-54(51)60-55)43-20-10-19-41(37-43)46-26-13-28-50-48-22-5-8-30-53(48)61-58(46)50/h4-14,17-38H,1-3,15-16H2. The first-order valence-corrected chi connectivity index (χ1v) is 21.7. The molecule has 0 saturated heterocycles. The molecular weight excluding hydrogens is 743 g/mol. The van der Waals surface area contributed by atoms with E-state index in [-0.39, 0.29) is 0 Å². The highest BCUT2D eigenvalue weighted by atomic mass is 16.3. The summed E-state index contributed by atoms with van der Waals surface area (Å²) >= 11 is 0. The van der Waals surface area contributed by atoms with Gasteiger partial charge in [-0.1, -0.05) is 165 Å². The molecule has 0 spiro atoms. The van der Waals surface area contributed by atoms with E-state index in [1.54, 1.807) is 0 Å². The van der Waals surface area contributed by atoms with Gasteiger partial charge in [-0.3, -0.25) is 0 Å². The summed E-state index contributed by atoms with van der Waals surface area (Å²) in [5, 5.41) is 7.21. The number of hydrogen-bond acceptors (Lipinski definition) is 3. The molecule has 9 aromatic carbocycles. The monoisotopic (exact) mass is 785 g/mol. The topological polar surface area (TPSA) is 29.5 Å². The van der Waals surface area contributed by atoms with Crippen LogP contribution in [0.1, 0.15) is 43.6 Å². The minimum absolute atomic E-state index is 0.573. The van der Waals surface area contributed by atoms with Crippen LogP contribution in [0.5, 0.6) is 0 Å². The minimum Gasteiger partial charge on any atom is -0.456 e. The normalized spacial score (nSPS) is 13.5. The Balaban J connectivity index is 1.05. The van der Waals surface area contributed by atoms with Crippen LogP contribution in [0.2, 0.25) is 0 Å². The number of furan rings is 2. The summed E-state index contributed by atoms with van der Waals surface area (Å²) in [4.78, 5) is 2.44. The summed E-state index contributed by atoms with van der Waals surface area (Å²) in [6.07, 6.45) is 6.43. The maximum absolute atomic E-state index is 6.57. The lowest BCUT2D eigenvalue weighted by molar-refractivity contribution is 0.445. The fourth-order valence-electron chi connectivity index (χ4n) is 10.3. The number of para-hydroxylation sites is 4. The van der Waals surface area contributed by atoms with E-state index in [9.17, 15) is 0 Å². The van der Waals surface area contributed by atoms with Crippen LogP contribution in [0.3, 0.4) is 0 Å². The maximum atomic E-state index is 6.57. The molecule has 0 atom stereocenters. The fourth-order valence-corrected chi connectivity index (χ4v) is 10.3. The van der Waals surface area contributed by atoms with E-state index in [1.165, 1.54) is 59.6 Å². The molecule has 61 heavy (non-hydrogen) atoms. The number of anilines is 3. The second-order valence-electron chi connectivity index (χ2n) is 16.6. The summed E-state index contributed by atoms with van der Waals surface area (Å²) in [5.41, 5.74) is 15.3. The summed E-state index contributed by atoms with van der Waals surface area (Å²) in [5.74, 6) is 0.573. The number of nitrogens with zero attached hydrogens (tertiary/aromatic N) is 1. The van der Waals surface area contributed by atoms with E-state index in [0.29, 0.717) is 5.92 Å². The predicted molar refractivity (Wildman–Crippen MR) is 255 cm³/mol. The molecule has 1 aliphatic rings. The SMILES string of the molecule is c1cc(-c2cccc3c2oc2ccccc23)cc(N(c2ccc(-c3cccc4oc5ccccc5c34)cc2)c2ccccc2-c2cccc3cccc(C4CCCCC4)c23)c1. The smallest absolute Gasteiger partial charge is 0.143 e. The van der Waals surface area contributed by atoms with Gasteiger partial charge in [-0.05, 0) is 106 Å². The summed E-state index contributed by atoms with van der Waals surface area (Å²) in [6.45, 7) is 0. The average Bonchev–Trinajstić information content (AvgIpc) is 3.91. The summed E-state index contributed by atoms with van der Waals surface area (Å²) in [6, 6.07) is 70.3. The first-order valence-electron chi connectivity index (χ1n) is 21.7. The zero-order chi connectivity index (χ0) is 40.3. The second-order valence-corrected chi connectivity index (χ2v) is 16.6. The van der Waals surface area contributed by atoms with E-state index in [0.717, 1.165) is 83.2 Å². The van der Waals surface area contributed by atoms with Crippen molar-refractivity contribution >= 4 is 71.7 Å². The highest BCUT2D eigenvalue weighted by Gasteiger charge is 2.24. The molecule has 3 nitrogen and oxygen atoms in total. The van der Waals surface area contributed by atoms with Crippen molar-refractivity contribution in [2.75, 3.05) is 4.90 Å². The number of rotatable bonds is 7. The Morgan fingerprint density at radius 1 is 0.393 bits per heavy atom.